The number of carbonyl (C=O) groups excluding carboxylic acids is 2. The molecule has 0 aromatic heterocycles. The van der Waals surface area contributed by atoms with Crippen molar-refractivity contribution in [2.75, 3.05) is 6.61 Å². The van der Waals surface area contributed by atoms with Crippen LogP contribution in [-0.2, 0) is 14.3 Å². The smallest absolute Gasteiger partial charge is 0.302 e. The van der Waals surface area contributed by atoms with Gasteiger partial charge in [0.25, 0.3) is 0 Å². The molecular formula is C8H13NO3. The van der Waals surface area contributed by atoms with Crippen molar-refractivity contribution < 1.29 is 14.3 Å². The molecule has 4 nitrogen and oxygen atoms in total. The Morgan fingerprint density at radius 1 is 1.83 bits per heavy atom. The van der Waals surface area contributed by atoms with Gasteiger partial charge in [-0.15, -0.1) is 0 Å². The number of β-lactam (4-membered cyclic amide) rings is 1. The number of ether oxygens (including phenoxy) is 1. The van der Waals surface area contributed by atoms with Crippen molar-refractivity contribution in [1.82, 2.24) is 5.32 Å². The third-order valence-electron chi connectivity index (χ3n) is 1.99. The van der Waals surface area contributed by atoms with Crippen molar-refractivity contribution in [3.05, 3.63) is 0 Å². The van der Waals surface area contributed by atoms with Crippen LogP contribution in [0.3, 0.4) is 0 Å². The molecule has 4 heteroatoms. The van der Waals surface area contributed by atoms with Crippen molar-refractivity contribution >= 4 is 11.9 Å². The number of hydrogen-bond acceptors (Lipinski definition) is 3. The quantitative estimate of drug-likeness (QED) is 0.483. The Labute approximate surface area is 71.3 Å². The normalized spacial score (nSPS) is 23.8. The monoisotopic (exact) mass is 171 g/mol. The number of carbonyl (C=O) groups is 2. The highest BCUT2D eigenvalue weighted by Gasteiger charge is 2.30. The summed E-state index contributed by atoms with van der Waals surface area (Å²) < 4.78 is 4.81. The van der Waals surface area contributed by atoms with Gasteiger partial charge in [-0.1, -0.05) is 6.92 Å². The molecule has 68 valence electrons. The molecule has 0 aliphatic carbocycles. The Hall–Kier alpha value is -1.06. The average Bonchev–Trinajstić information content (AvgIpc) is 1.94. The Morgan fingerprint density at radius 3 is 2.83 bits per heavy atom. The lowest BCUT2D eigenvalue weighted by atomic mass is 9.93. The molecule has 0 bridgehead atoms. The Morgan fingerprint density at radius 2 is 2.42 bits per heavy atom. The fraction of sp³-hybridized carbons (Fsp3) is 0.750. The summed E-state index contributed by atoms with van der Waals surface area (Å²) in [5.41, 5.74) is 0. The van der Waals surface area contributed by atoms with Crippen molar-refractivity contribution in [1.29, 1.82) is 0 Å². The number of rotatable bonds is 3. The minimum Gasteiger partial charge on any atom is -0.466 e. The van der Waals surface area contributed by atoms with E-state index in [-0.39, 0.29) is 23.8 Å². The van der Waals surface area contributed by atoms with E-state index in [1.807, 2.05) is 6.92 Å². The van der Waals surface area contributed by atoms with E-state index in [2.05, 4.69) is 5.32 Å². The molecule has 0 spiro atoms. The third kappa shape index (κ3) is 2.22. The second-order valence-corrected chi connectivity index (χ2v) is 3.16. The molecule has 1 aliphatic heterocycles. The maximum atomic E-state index is 10.5. The molecule has 1 fully saturated rings. The van der Waals surface area contributed by atoms with Gasteiger partial charge in [-0.05, 0) is 0 Å². The zero-order valence-corrected chi connectivity index (χ0v) is 7.29. The predicted molar refractivity (Wildman–Crippen MR) is 42.3 cm³/mol. The molecule has 12 heavy (non-hydrogen) atoms. The summed E-state index contributed by atoms with van der Waals surface area (Å²) in [7, 11) is 0. The first-order valence-corrected chi connectivity index (χ1v) is 4.02. The van der Waals surface area contributed by atoms with Gasteiger partial charge in [0.2, 0.25) is 5.91 Å². The highest BCUT2D eigenvalue weighted by Crippen LogP contribution is 2.14. The third-order valence-corrected chi connectivity index (χ3v) is 1.99. The van der Waals surface area contributed by atoms with Crippen LogP contribution in [0.1, 0.15) is 20.3 Å². The van der Waals surface area contributed by atoms with Crippen molar-refractivity contribution in [2.24, 2.45) is 5.92 Å². The Bertz CT molecular complexity index is 194. The molecular weight excluding hydrogens is 158 g/mol. The lowest BCUT2D eigenvalue weighted by Gasteiger charge is -2.31. The number of esters is 1. The first kappa shape index (κ1) is 9.03. The van der Waals surface area contributed by atoms with Crippen molar-refractivity contribution in [3.8, 4) is 0 Å². The highest BCUT2D eigenvalue weighted by molar-refractivity contribution is 5.82. The molecule has 0 radical (unpaired) electrons. The molecule has 2 atom stereocenters. The van der Waals surface area contributed by atoms with Crippen LogP contribution in [0.4, 0.5) is 0 Å². The first-order valence-electron chi connectivity index (χ1n) is 4.02. The zero-order chi connectivity index (χ0) is 9.14. The molecule has 1 aliphatic rings. The van der Waals surface area contributed by atoms with Crippen molar-refractivity contribution in [2.45, 2.75) is 26.3 Å². The minimum atomic E-state index is -0.271. The minimum absolute atomic E-state index is 0.0784. The second kappa shape index (κ2) is 3.56. The summed E-state index contributed by atoms with van der Waals surface area (Å²) in [4.78, 5) is 21.0. The first-order chi connectivity index (χ1) is 5.59. The van der Waals surface area contributed by atoms with Crippen LogP contribution in [-0.4, -0.2) is 24.5 Å². The standard InChI is InChI=1S/C8H13NO3/c1-5(4-12-6(2)10)7-3-8(11)9-7/h5,7H,3-4H2,1-2H3,(H,9,11). The summed E-state index contributed by atoms with van der Waals surface area (Å²) >= 11 is 0. The van der Waals surface area contributed by atoms with E-state index in [1.165, 1.54) is 6.92 Å². The van der Waals surface area contributed by atoms with Crippen LogP contribution in [0.25, 0.3) is 0 Å². The van der Waals surface area contributed by atoms with Gasteiger partial charge in [-0.3, -0.25) is 9.59 Å². The average molecular weight is 171 g/mol. The van der Waals surface area contributed by atoms with E-state index in [0.29, 0.717) is 13.0 Å². The molecule has 1 N–H and O–H groups in total. The van der Waals surface area contributed by atoms with Gasteiger partial charge in [0.15, 0.2) is 0 Å². The van der Waals surface area contributed by atoms with E-state index in [9.17, 15) is 9.59 Å². The Balaban J connectivity index is 2.16. The lowest BCUT2D eigenvalue weighted by Crippen LogP contribution is -2.53. The summed E-state index contributed by atoms with van der Waals surface area (Å²) in [5.74, 6) is 0.0220. The number of amides is 1. The van der Waals surface area contributed by atoms with Gasteiger partial charge in [0.1, 0.15) is 0 Å². The molecule has 0 aromatic rings. The maximum absolute atomic E-state index is 10.5. The molecule has 1 amide bonds. The molecule has 2 unspecified atom stereocenters. The van der Waals surface area contributed by atoms with Gasteiger partial charge in [0, 0.05) is 25.3 Å². The van der Waals surface area contributed by atoms with Gasteiger partial charge < -0.3 is 10.1 Å². The number of hydrogen-bond donors (Lipinski definition) is 1. The lowest BCUT2D eigenvalue weighted by molar-refractivity contribution is -0.143. The Kier molecular flexibility index (Phi) is 2.68. The molecule has 0 saturated carbocycles. The van der Waals surface area contributed by atoms with Gasteiger partial charge >= 0.3 is 5.97 Å². The summed E-state index contributed by atoms with van der Waals surface area (Å²) in [6.45, 7) is 3.72. The fourth-order valence-electron chi connectivity index (χ4n) is 1.09. The summed E-state index contributed by atoms with van der Waals surface area (Å²) in [6, 6.07) is 0.192. The van der Waals surface area contributed by atoms with Gasteiger partial charge in [-0.25, -0.2) is 0 Å². The van der Waals surface area contributed by atoms with Crippen LogP contribution in [0, 0.1) is 5.92 Å². The fourth-order valence-corrected chi connectivity index (χ4v) is 1.09. The van der Waals surface area contributed by atoms with Crippen LogP contribution >= 0.6 is 0 Å². The maximum Gasteiger partial charge on any atom is 0.302 e. The molecule has 1 heterocycles. The predicted octanol–water partition coefficient (Wildman–Crippen LogP) is 0.0741. The van der Waals surface area contributed by atoms with E-state index in [0.717, 1.165) is 0 Å². The molecule has 1 saturated heterocycles. The second-order valence-electron chi connectivity index (χ2n) is 3.16. The van der Waals surface area contributed by atoms with Crippen LogP contribution in [0.15, 0.2) is 0 Å². The van der Waals surface area contributed by atoms with E-state index < -0.39 is 0 Å². The van der Waals surface area contributed by atoms with Crippen LogP contribution in [0.2, 0.25) is 0 Å². The van der Waals surface area contributed by atoms with Gasteiger partial charge in [-0.2, -0.15) is 0 Å². The topological polar surface area (TPSA) is 55.4 Å². The highest BCUT2D eigenvalue weighted by atomic mass is 16.5. The summed E-state index contributed by atoms with van der Waals surface area (Å²) in [5, 5.41) is 2.74. The van der Waals surface area contributed by atoms with Crippen LogP contribution in [0.5, 0.6) is 0 Å². The van der Waals surface area contributed by atoms with Crippen LogP contribution < -0.4 is 5.32 Å². The SMILES string of the molecule is CC(=O)OCC(C)C1CC(=O)N1. The zero-order valence-electron chi connectivity index (χ0n) is 7.29. The van der Waals surface area contributed by atoms with Crippen molar-refractivity contribution in [3.63, 3.8) is 0 Å². The number of nitrogens with one attached hydrogen (secondary N) is 1. The largest absolute Gasteiger partial charge is 0.466 e. The van der Waals surface area contributed by atoms with E-state index >= 15 is 0 Å². The van der Waals surface area contributed by atoms with E-state index in [4.69, 9.17) is 4.74 Å². The van der Waals surface area contributed by atoms with Gasteiger partial charge in [0.05, 0.1) is 6.61 Å². The van der Waals surface area contributed by atoms with E-state index in [1.54, 1.807) is 0 Å². The summed E-state index contributed by atoms with van der Waals surface area (Å²) in [6.07, 6.45) is 0.558. The molecule has 1 rings (SSSR count). The molecule has 0 aromatic carbocycles.